The second-order valence-corrected chi connectivity index (χ2v) is 7.82. The fourth-order valence-corrected chi connectivity index (χ4v) is 4.13. The van der Waals surface area contributed by atoms with Gasteiger partial charge >= 0.3 is 0 Å². The Hall–Kier alpha value is -4.79. The van der Waals surface area contributed by atoms with Crippen LogP contribution in [0.4, 0.5) is 5.82 Å². The van der Waals surface area contributed by atoms with E-state index in [0.717, 1.165) is 0 Å². The van der Waals surface area contributed by atoms with Gasteiger partial charge in [-0.2, -0.15) is 0 Å². The number of aldehydes is 1. The van der Waals surface area contributed by atoms with Gasteiger partial charge in [-0.1, -0.05) is 36.4 Å². The zero-order valence-corrected chi connectivity index (χ0v) is 18.2. The third kappa shape index (κ3) is 3.39. The van der Waals surface area contributed by atoms with Crippen LogP contribution < -0.4 is 16.6 Å². The number of anilines is 1. The number of carbonyl (C=O) groups excluding carboxylic acids is 2. The number of nitrogens with one attached hydrogen (secondary N) is 1. The average Bonchev–Trinajstić information content (AvgIpc) is 3.19. The van der Waals surface area contributed by atoms with Gasteiger partial charge in [0, 0.05) is 29.3 Å². The second-order valence-electron chi connectivity index (χ2n) is 7.82. The van der Waals surface area contributed by atoms with Crippen molar-refractivity contribution in [1.29, 1.82) is 0 Å². The monoisotopic (exact) mass is 452 g/mol. The van der Waals surface area contributed by atoms with Crippen molar-refractivity contribution < 1.29 is 9.59 Å². The lowest BCUT2D eigenvalue weighted by molar-refractivity contribution is 0.0940. The van der Waals surface area contributed by atoms with Crippen molar-refractivity contribution >= 4 is 34.4 Å². The number of rotatable bonds is 5. The lowest BCUT2D eigenvalue weighted by Crippen LogP contribution is -2.32. The highest BCUT2D eigenvalue weighted by atomic mass is 16.2. The number of hydrogen-bond donors (Lipinski definition) is 2. The SMILES string of the molecule is CC(NC(=O)c1c(N)nn2cccnc12)c1cc2cccc(C=O)c2c(=O)n1-c1ccccc1. The number of pyridine rings is 1. The maximum absolute atomic E-state index is 13.6. The third-order valence-corrected chi connectivity index (χ3v) is 5.69. The summed E-state index contributed by atoms with van der Waals surface area (Å²) in [5.41, 5.74) is 7.61. The van der Waals surface area contributed by atoms with Gasteiger partial charge in [0.1, 0.15) is 5.56 Å². The highest BCUT2D eigenvalue weighted by Crippen LogP contribution is 2.24. The highest BCUT2D eigenvalue weighted by molar-refractivity contribution is 6.04. The van der Waals surface area contributed by atoms with Crippen LogP contribution in [0.2, 0.25) is 0 Å². The molecule has 0 aliphatic rings. The first kappa shape index (κ1) is 21.1. The number of nitrogens with two attached hydrogens (primary N) is 1. The van der Waals surface area contributed by atoms with Crippen LogP contribution in [-0.2, 0) is 0 Å². The topological polar surface area (TPSA) is 124 Å². The zero-order chi connectivity index (χ0) is 23.8. The first-order chi connectivity index (χ1) is 16.5. The van der Waals surface area contributed by atoms with Crippen LogP contribution in [0.5, 0.6) is 0 Å². The molecule has 5 rings (SSSR count). The summed E-state index contributed by atoms with van der Waals surface area (Å²) in [6.45, 7) is 1.77. The summed E-state index contributed by atoms with van der Waals surface area (Å²) >= 11 is 0. The van der Waals surface area contributed by atoms with Gasteiger partial charge < -0.3 is 11.1 Å². The molecule has 1 atom stereocenters. The molecule has 0 fully saturated rings. The molecule has 5 aromatic rings. The number of hydrogen-bond acceptors (Lipinski definition) is 6. The molecule has 0 aliphatic heterocycles. The normalized spacial score (nSPS) is 12.0. The predicted octanol–water partition coefficient (Wildman–Crippen LogP) is 2.92. The van der Waals surface area contributed by atoms with Crippen LogP contribution in [0.15, 0.2) is 77.9 Å². The summed E-state index contributed by atoms with van der Waals surface area (Å²) in [4.78, 5) is 42.7. The average molecular weight is 452 g/mol. The largest absolute Gasteiger partial charge is 0.381 e. The van der Waals surface area contributed by atoms with Gasteiger partial charge in [0.2, 0.25) is 0 Å². The lowest BCUT2D eigenvalue weighted by atomic mass is 10.0. The molecule has 0 aliphatic carbocycles. The molecule has 3 N–H and O–H groups in total. The quantitative estimate of drug-likeness (QED) is 0.395. The first-order valence-electron chi connectivity index (χ1n) is 10.6. The molecule has 9 heteroatoms. The van der Waals surface area contributed by atoms with E-state index in [1.54, 1.807) is 61.8 Å². The Labute approximate surface area is 193 Å². The summed E-state index contributed by atoms with van der Waals surface area (Å²) in [6.07, 6.45) is 3.88. The summed E-state index contributed by atoms with van der Waals surface area (Å²) in [7, 11) is 0. The van der Waals surface area contributed by atoms with E-state index < -0.39 is 11.9 Å². The first-order valence-corrected chi connectivity index (χ1v) is 10.6. The van der Waals surface area contributed by atoms with Crippen molar-refractivity contribution in [3.8, 4) is 5.69 Å². The molecule has 1 unspecified atom stereocenters. The molecule has 3 aromatic heterocycles. The minimum atomic E-state index is -0.595. The van der Waals surface area contributed by atoms with Crippen molar-refractivity contribution in [1.82, 2.24) is 24.5 Å². The van der Waals surface area contributed by atoms with Gasteiger partial charge in [0.25, 0.3) is 11.5 Å². The third-order valence-electron chi connectivity index (χ3n) is 5.69. The summed E-state index contributed by atoms with van der Waals surface area (Å²) < 4.78 is 2.95. The number of carbonyl (C=O) groups is 2. The van der Waals surface area contributed by atoms with E-state index in [1.807, 2.05) is 18.2 Å². The fraction of sp³-hybridized carbons (Fsp3) is 0.0800. The predicted molar refractivity (Wildman–Crippen MR) is 128 cm³/mol. The van der Waals surface area contributed by atoms with Crippen molar-refractivity contribution in [2.75, 3.05) is 5.73 Å². The Kier molecular flexibility index (Phi) is 5.14. The Bertz CT molecular complexity index is 1620. The van der Waals surface area contributed by atoms with E-state index in [1.165, 1.54) is 9.08 Å². The number of para-hydroxylation sites is 1. The molecule has 0 radical (unpaired) electrons. The molecule has 0 saturated carbocycles. The second kappa shape index (κ2) is 8.28. The molecule has 168 valence electrons. The van der Waals surface area contributed by atoms with E-state index in [2.05, 4.69) is 15.4 Å². The number of benzene rings is 2. The molecular weight excluding hydrogens is 432 g/mol. The van der Waals surface area contributed by atoms with Crippen molar-refractivity contribution in [3.05, 3.63) is 100 Å². The Balaban J connectivity index is 1.65. The number of nitrogen functional groups attached to an aromatic ring is 1. The van der Waals surface area contributed by atoms with Crippen LogP contribution in [0.1, 0.15) is 39.4 Å². The van der Waals surface area contributed by atoms with Crippen molar-refractivity contribution in [2.45, 2.75) is 13.0 Å². The summed E-state index contributed by atoms with van der Waals surface area (Å²) in [6, 6.07) is 17.1. The molecule has 0 bridgehead atoms. The van der Waals surface area contributed by atoms with E-state index in [9.17, 15) is 14.4 Å². The summed E-state index contributed by atoms with van der Waals surface area (Å²) in [5, 5.41) is 7.98. The van der Waals surface area contributed by atoms with Crippen LogP contribution in [0.3, 0.4) is 0 Å². The molecule has 3 heterocycles. The van der Waals surface area contributed by atoms with Crippen LogP contribution in [0, 0.1) is 0 Å². The highest BCUT2D eigenvalue weighted by Gasteiger charge is 2.23. The van der Waals surface area contributed by atoms with Crippen molar-refractivity contribution in [2.24, 2.45) is 0 Å². The molecular formula is C25H20N6O3. The Morgan fingerprint density at radius 3 is 2.68 bits per heavy atom. The number of fused-ring (bicyclic) bond motifs is 2. The number of nitrogens with zero attached hydrogens (tertiary/aromatic N) is 4. The molecule has 1 amide bonds. The fourth-order valence-electron chi connectivity index (χ4n) is 4.13. The summed E-state index contributed by atoms with van der Waals surface area (Å²) in [5.74, 6) is -0.412. The smallest absolute Gasteiger partial charge is 0.263 e. The van der Waals surface area contributed by atoms with Crippen LogP contribution >= 0.6 is 0 Å². The van der Waals surface area contributed by atoms with Gasteiger partial charge in [-0.25, -0.2) is 9.50 Å². The minimum absolute atomic E-state index is 0.0537. The molecule has 2 aromatic carbocycles. The van der Waals surface area contributed by atoms with E-state index in [-0.39, 0.29) is 16.9 Å². The van der Waals surface area contributed by atoms with E-state index in [0.29, 0.717) is 39.7 Å². The van der Waals surface area contributed by atoms with Crippen LogP contribution in [-0.4, -0.2) is 31.4 Å². The zero-order valence-electron chi connectivity index (χ0n) is 18.2. The van der Waals surface area contributed by atoms with Gasteiger partial charge in [0.05, 0.1) is 11.4 Å². The number of amides is 1. The molecule has 34 heavy (non-hydrogen) atoms. The molecule has 0 spiro atoms. The number of aromatic nitrogens is 4. The van der Waals surface area contributed by atoms with E-state index in [4.69, 9.17) is 5.73 Å². The maximum atomic E-state index is 13.6. The standard InChI is InChI=1S/C25H20N6O3/c1-15(28-24(33)21-22(26)29-30-12-6-11-27-23(21)30)19-13-16-7-5-8-17(14-32)20(16)25(34)31(19)18-9-3-2-4-10-18/h2-15H,1H3,(H2,26,29)(H,28,33). The van der Waals surface area contributed by atoms with Gasteiger partial charge in [-0.05, 0) is 36.6 Å². The Morgan fingerprint density at radius 2 is 1.91 bits per heavy atom. The lowest BCUT2D eigenvalue weighted by Gasteiger charge is -2.21. The van der Waals surface area contributed by atoms with Gasteiger partial charge in [-0.15, -0.1) is 5.10 Å². The van der Waals surface area contributed by atoms with Crippen LogP contribution in [0.25, 0.3) is 22.1 Å². The van der Waals surface area contributed by atoms with Gasteiger partial charge in [-0.3, -0.25) is 19.0 Å². The van der Waals surface area contributed by atoms with E-state index >= 15 is 0 Å². The molecule has 9 nitrogen and oxygen atoms in total. The molecule has 0 saturated heterocycles. The minimum Gasteiger partial charge on any atom is -0.381 e. The van der Waals surface area contributed by atoms with Crippen molar-refractivity contribution in [3.63, 3.8) is 0 Å². The maximum Gasteiger partial charge on any atom is 0.263 e. The van der Waals surface area contributed by atoms with Gasteiger partial charge in [0.15, 0.2) is 17.8 Å². The Morgan fingerprint density at radius 1 is 1.12 bits per heavy atom.